The normalized spacial score (nSPS) is 10.3. The first kappa shape index (κ1) is 16.5. The number of aryl methyl sites for hydroxylation is 1. The molecule has 0 aliphatic rings. The molecule has 2 aromatic carbocycles. The van der Waals surface area contributed by atoms with Gasteiger partial charge in [-0.05, 0) is 34.9 Å². The highest BCUT2D eigenvalue weighted by atomic mass is 14.0. The third kappa shape index (κ3) is 5.61. The number of benzene rings is 2. The molecule has 0 heterocycles. The van der Waals surface area contributed by atoms with Gasteiger partial charge in [0, 0.05) is 0 Å². The van der Waals surface area contributed by atoms with Crippen LogP contribution in [0.25, 0.3) is 0 Å². The van der Waals surface area contributed by atoms with Crippen LogP contribution in [0.1, 0.15) is 63.1 Å². The highest BCUT2D eigenvalue weighted by Crippen LogP contribution is 2.14. The molecule has 0 saturated carbocycles. The van der Waals surface area contributed by atoms with Gasteiger partial charge >= 0.3 is 0 Å². The molecular weight excluding hydrogens is 240 g/mol. The molecule has 0 atom stereocenters. The molecule has 0 nitrogen and oxygen atoms in total. The smallest absolute Gasteiger partial charge is 0.0219 e. The third-order valence-electron chi connectivity index (χ3n) is 3.52. The molecule has 0 fully saturated rings. The van der Waals surface area contributed by atoms with Crippen LogP contribution < -0.4 is 0 Å². The first-order chi connectivity index (χ1) is 9.54. The van der Waals surface area contributed by atoms with Crippen LogP contribution >= 0.6 is 0 Å². The minimum Gasteiger partial charge on any atom is -0.0622 e. The molecule has 20 heavy (non-hydrogen) atoms. The van der Waals surface area contributed by atoms with Crippen LogP contribution in [-0.4, -0.2) is 0 Å². The van der Waals surface area contributed by atoms with Crippen molar-refractivity contribution in [2.75, 3.05) is 0 Å². The zero-order valence-corrected chi connectivity index (χ0v) is 13.6. The highest BCUT2D eigenvalue weighted by Gasteiger charge is 1.96. The number of hydrogen-bond acceptors (Lipinski definition) is 0. The summed E-state index contributed by atoms with van der Waals surface area (Å²) in [6.45, 7) is 11.0. The fraction of sp³-hybridized carbons (Fsp3) is 0.400. The summed E-state index contributed by atoms with van der Waals surface area (Å²) in [5.41, 5.74) is 4.27. The maximum atomic E-state index is 2.23. The molecule has 2 aromatic rings. The van der Waals surface area contributed by atoms with E-state index in [0.717, 1.165) is 6.42 Å². The molecule has 0 amide bonds. The second-order valence-electron chi connectivity index (χ2n) is 5.82. The van der Waals surface area contributed by atoms with Gasteiger partial charge in [-0.1, -0.05) is 89.2 Å². The Hall–Kier alpha value is -1.56. The van der Waals surface area contributed by atoms with E-state index in [1.54, 1.807) is 0 Å². The molecule has 0 saturated heterocycles. The van der Waals surface area contributed by atoms with Crippen LogP contribution in [0.4, 0.5) is 0 Å². The van der Waals surface area contributed by atoms with E-state index in [1.165, 1.54) is 16.7 Å². The van der Waals surface area contributed by atoms with E-state index in [2.05, 4.69) is 83.1 Å². The van der Waals surface area contributed by atoms with Crippen LogP contribution in [0.15, 0.2) is 54.6 Å². The Morgan fingerprint density at radius 3 is 1.45 bits per heavy atom. The Balaban J connectivity index is 0.000000204. The topological polar surface area (TPSA) is 0 Å². The van der Waals surface area contributed by atoms with E-state index in [9.17, 15) is 0 Å². The van der Waals surface area contributed by atoms with Crippen molar-refractivity contribution in [2.45, 2.75) is 52.9 Å². The van der Waals surface area contributed by atoms with Crippen LogP contribution in [0, 0.1) is 0 Å². The van der Waals surface area contributed by atoms with Gasteiger partial charge < -0.3 is 0 Å². The molecule has 0 unspecified atom stereocenters. The summed E-state index contributed by atoms with van der Waals surface area (Å²) < 4.78 is 0. The summed E-state index contributed by atoms with van der Waals surface area (Å²) in [6.07, 6.45) is 1.14. The van der Waals surface area contributed by atoms with E-state index in [1.807, 2.05) is 6.07 Å². The van der Waals surface area contributed by atoms with Gasteiger partial charge in [-0.3, -0.25) is 0 Å². The lowest BCUT2D eigenvalue weighted by molar-refractivity contribution is 0.865. The summed E-state index contributed by atoms with van der Waals surface area (Å²) in [4.78, 5) is 0. The summed E-state index contributed by atoms with van der Waals surface area (Å²) in [5, 5.41) is 0. The Kier molecular flexibility index (Phi) is 7.08. The van der Waals surface area contributed by atoms with E-state index < -0.39 is 0 Å². The fourth-order valence-corrected chi connectivity index (χ4v) is 1.98. The summed E-state index contributed by atoms with van der Waals surface area (Å²) in [7, 11) is 0. The van der Waals surface area contributed by atoms with Crippen molar-refractivity contribution in [2.24, 2.45) is 0 Å². The summed E-state index contributed by atoms with van der Waals surface area (Å²) in [6, 6.07) is 19.4. The van der Waals surface area contributed by atoms with Crippen LogP contribution in [-0.2, 0) is 6.42 Å². The molecule has 0 bridgehead atoms. The minimum absolute atomic E-state index is 0.654. The van der Waals surface area contributed by atoms with Crippen molar-refractivity contribution in [3.05, 3.63) is 71.3 Å². The highest BCUT2D eigenvalue weighted by molar-refractivity contribution is 5.24. The fourth-order valence-electron chi connectivity index (χ4n) is 1.98. The molecule has 2 rings (SSSR count). The first-order valence-electron chi connectivity index (χ1n) is 7.68. The zero-order valence-electron chi connectivity index (χ0n) is 13.6. The van der Waals surface area contributed by atoms with E-state index in [0.29, 0.717) is 11.8 Å². The van der Waals surface area contributed by atoms with Gasteiger partial charge in [0.1, 0.15) is 0 Å². The van der Waals surface area contributed by atoms with Gasteiger partial charge in [-0.15, -0.1) is 0 Å². The predicted octanol–water partition coefficient (Wildman–Crippen LogP) is 6.18. The average Bonchev–Trinajstić information content (AvgIpc) is 2.49. The van der Waals surface area contributed by atoms with Gasteiger partial charge in [0.05, 0.1) is 0 Å². The van der Waals surface area contributed by atoms with E-state index in [4.69, 9.17) is 0 Å². The van der Waals surface area contributed by atoms with Crippen molar-refractivity contribution < 1.29 is 0 Å². The lowest BCUT2D eigenvalue weighted by Gasteiger charge is -2.04. The maximum Gasteiger partial charge on any atom is -0.0219 e. The Bertz CT molecular complexity index is 463. The Morgan fingerprint density at radius 1 is 0.650 bits per heavy atom. The SMILES string of the molecule is CC(C)c1ccccc1.CCc1ccc(C(C)C)cc1. The molecule has 0 radical (unpaired) electrons. The largest absolute Gasteiger partial charge is 0.0622 e. The van der Waals surface area contributed by atoms with Crippen LogP contribution in [0.2, 0.25) is 0 Å². The quantitative estimate of drug-likeness (QED) is 0.623. The molecule has 0 aliphatic heterocycles. The minimum atomic E-state index is 0.654. The maximum absolute atomic E-state index is 2.23. The lowest BCUT2D eigenvalue weighted by Crippen LogP contribution is -1.87. The van der Waals surface area contributed by atoms with E-state index >= 15 is 0 Å². The van der Waals surface area contributed by atoms with Crippen molar-refractivity contribution >= 4 is 0 Å². The lowest BCUT2D eigenvalue weighted by atomic mass is 10.0. The zero-order chi connectivity index (χ0) is 15.0. The Labute approximate surface area is 124 Å². The van der Waals surface area contributed by atoms with Gasteiger partial charge in [-0.25, -0.2) is 0 Å². The molecule has 0 aromatic heterocycles. The average molecular weight is 268 g/mol. The number of hydrogen-bond donors (Lipinski definition) is 0. The van der Waals surface area contributed by atoms with Crippen molar-refractivity contribution in [3.8, 4) is 0 Å². The van der Waals surface area contributed by atoms with Crippen molar-refractivity contribution in [1.29, 1.82) is 0 Å². The molecule has 0 heteroatoms. The van der Waals surface area contributed by atoms with Gasteiger partial charge in [0.2, 0.25) is 0 Å². The molecule has 0 spiro atoms. The van der Waals surface area contributed by atoms with Gasteiger partial charge in [-0.2, -0.15) is 0 Å². The van der Waals surface area contributed by atoms with Crippen LogP contribution in [0.5, 0.6) is 0 Å². The molecule has 0 N–H and O–H groups in total. The summed E-state index contributed by atoms with van der Waals surface area (Å²) >= 11 is 0. The summed E-state index contributed by atoms with van der Waals surface area (Å²) in [5.74, 6) is 1.31. The Morgan fingerprint density at radius 2 is 1.10 bits per heavy atom. The predicted molar refractivity (Wildman–Crippen MR) is 90.4 cm³/mol. The number of rotatable bonds is 3. The van der Waals surface area contributed by atoms with E-state index in [-0.39, 0.29) is 0 Å². The molecule has 0 aliphatic carbocycles. The van der Waals surface area contributed by atoms with Gasteiger partial charge in [0.25, 0.3) is 0 Å². The molecule has 108 valence electrons. The second-order valence-corrected chi connectivity index (χ2v) is 5.82. The first-order valence-corrected chi connectivity index (χ1v) is 7.68. The van der Waals surface area contributed by atoms with Crippen molar-refractivity contribution in [1.82, 2.24) is 0 Å². The third-order valence-corrected chi connectivity index (χ3v) is 3.52. The second kappa shape index (κ2) is 8.58. The monoisotopic (exact) mass is 268 g/mol. The van der Waals surface area contributed by atoms with Crippen molar-refractivity contribution in [3.63, 3.8) is 0 Å². The standard InChI is InChI=1S/C11H16.C9H12/c1-4-10-5-7-11(8-6-10)9(2)3;1-8(2)9-6-4-3-5-7-9/h5-9H,4H2,1-3H3;3-8H,1-2H3. The van der Waals surface area contributed by atoms with Crippen LogP contribution in [0.3, 0.4) is 0 Å². The molecular formula is C20H28. The van der Waals surface area contributed by atoms with Gasteiger partial charge in [0.15, 0.2) is 0 Å².